The van der Waals surface area contributed by atoms with E-state index in [1.807, 2.05) is 54.1 Å². The van der Waals surface area contributed by atoms with Crippen LogP contribution >= 0.6 is 0 Å². The molecular formula is C43H63IN2O4. The van der Waals surface area contributed by atoms with E-state index in [9.17, 15) is 9.59 Å². The van der Waals surface area contributed by atoms with E-state index in [4.69, 9.17) is 9.47 Å². The van der Waals surface area contributed by atoms with Gasteiger partial charge >= 0.3 is 0 Å². The zero-order chi connectivity index (χ0) is 35.5. The lowest BCUT2D eigenvalue weighted by Gasteiger charge is -2.25. The van der Waals surface area contributed by atoms with E-state index < -0.39 is 5.91 Å². The zero-order valence-electron chi connectivity index (χ0n) is 31.8. The number of unbranched alkanes of at least 4 members (excludes halogenated alkanes) is 13. The third-order valence-corrected chi connectivity index (χ3v) is 9.31. The summed E-state index contributed by atoms with van der Waals surface area (Å²) in [6, 6.07) is 18.5. The molecule has 2 amide bonds. The molecule has 2 aromatic carbocycles. The Hall–Kier alpha value is -2.94. The minimum atomic E-state index is -0.399. The average Bonchev–Trinajstić information content (AvgIpc) is 3.11. The van der Waals surface area contributed by atoms with Crippen LogP contribution in [0, 0.1) is 0 Å². The first-order valence-corrected chi connectivity index (χ1v) is 18.9. The first-order valence-electron chi connectivity index (χ1n) is 18.9. The Balaban J connectivity index is 0.00000867. The minimum absolute atomic E-state index is 0. The van der Waals surface area contributed by atoms with Crippen molar-refractivity contribution in [2.24, 2.45) is 0 Å². The summed E-state index contributed by atoms with van der Waals surface area (Å²) in [5.74, 6) is 0.480. The number of nitrogens with zero attached hydrogens (tertiary/aromatic N) is 2. The summed E-state index contributed by atoms with van der Waals surface area (Å²) in [4.78, 5) is 29.7. The predicted octanol–water partition coefficient (Wildman–Crippen LogP) is 7.65. The van der Waals surface area contributed by atoms with Crippen LogP contribution in [0.3, 0.4) is 0 Å². The number of hydrogen-bond donors (Lipinski definition) is 0. The van der Waals surface area contributed by atoms with Gasteiger partial charge in [-0.2, -0.15) is 0 Å². The van der Waals surface area contributed by atoms with Gasteiger partial charge in [-0.15, -0.1) is 0 Å². The Morgan fingerprint density at radius 2 is 1.28 bits per heavy atom. The van der Waals surface area contributed by atoms with Crippen molar-refractivity contribution in [3.63, 3.8) is 0 Å². The molecule has 1 heterocycles. The number of imide groups is 1. The molecule has 3 aromatic rings. The molecule has 0 unspecified atom stereocenters. The molecule has 7 heteroatoms. The number of rotatable bonds is 22. The third-order valence-electron chi connectivity index (χ3n) is 9.31. The summed E-state index contributed by atoms with van der Waals surface area (Å²) >= 11 is 0. The number of ether oxygens (including phenoxy) is 2. The van der Waals surface area contributed by atoms with Gasteiger partial charge in [-0.3, -0.25) is 14.5 Å². The maximum atomic E-state index is 14.3. The number of pyridine rings is 1. The molecule has 0 spiro atoms. The highest BCUT2D eigenvalue weighted by atomic mass is 127. The second-order valence-corrected chi connectivity index (χ2v) is 14.3. The number of amides is 2. The molecule has 0 atom stereocenters. The molecule has 276 valence electrons. The van der Waals surface area contributed by atoms with Crippen molar-refractivity contribution < 1.29 is 47.6 Å². The van der Waals surface area contributed by atoms with Crippen molar-refractivity contribution in [2.75, 3.05) is 13.7 Å². The standard InChI is InChI=1S/C43H63N2O4.HI/c1-7-9-10-11-12-13-14-15-16-17-18-19-20-25-32-49-40-30-29-35(33-38(40)43(3,4)5)41(46)45(34-36-26-23-24-31-44(36)8-2)42(47)37-27-21-22-28-39(37)48-6;/h21-24,26-31,33H,7-20,25,32,34H2,1-6H3;1H/q+1;/p-1. The Kier molecular flexibility index (Phi) is 20.3. The molecule has 6 nitrogen and oxygen atoms in total. The van der Waals surface area contributed by atoms with E-state index in [2.05, 4.69) is 27.7 Å². The Bertz CT molecular complexity index is 1430. The topological polar surface area (TPSA) is 59.7 Å². The summed E-state index contributed by atoms with van der Waals surface area (Å²) in [5.41, 5.74) is 2.36. The normalized spacial score (nSPS) is 11.2. The fourth-order valence-electron chi connectivity index (χ4n) is 6.34. The monoisotopic (exact) mass is 798 g/mol. The molecule has 0 aliphatic heterocycles. The maximum absolute atomic E-state index is 14.3. The van der Waals surface area contributed by atoms with Crippen LogP contribution in [0.25, 0.3) is 0 Å². The van der Waals surface area contributed by atoms with E-state index in [0.29, 0.717) is 23.5 Å². The van der Waals surface area contributed by atoms with Crippen molar-refractivity contribution in [2.45, 2.75) is 143 Å². The molecule has 1 aromatic heterocycles. The number of aromatic nitrogens is 1. The highest BCUT2D eigenvalue weighted by molar-refractivity contribution is 6.11. The van der Waals surface area contributed by atoms with E-state index in [1.54, 1.807) is 24.3 Å². The number of carbonyl (C=O) groups excluding carboxylic acids is 2. The van der Waals surface area contributed by atoms with Crippen LogP contribution in [-0.4, -0.2) is 30.4 Å². The van der Waals surface area contributed by atoms with Crippen LogP contribution in [0.4, 0.5) is 0 Å². The van der Waals surface area contributed by atoms with E-state index in [1.165, 1.54) is 89.1 Å². The number of halogens is 1. The molecule has 0 saturated heterocycles. The van der Waals surface area contributed by atoms with Crippen molar-refractivity contribution in [3.8, 4) is 11.5 Å². The number of carbonyl (C=O) groups is 2. The zero-order valence-corrected chi connectivity index (χ0v) is 33.9. The molecule has 0 aliphatic rings. The Morgan fingerprint density at radius 1 is 0.700 bits per heavy atom. The fourth-order valence-corrected chi connectivity index (χ4v) is 6.34. The van der Waals surface area contributed by atoms with Crippen LogP contribution in [0.5, 0.6) is 11.5 Å². The fraction of sp³-hybridized carbons (Fsp3) is 0.558. The maximum Gasteiger partial charge on any atom is 0.265 e. The van der Waals surface area contributed by atoms with Gasteiger partial charge in [0.15, 0.2) is 6.20 Å². The second-order valence-electron chi connectivity index (χ2n) is 14.3. The van der Waals surface area contributed by atoms with Crippen LogP contribution in [-0.2, 0) is 18.5 Å². The number of methoxy groups -OCH3 is 1. The Morgan fingerprint density at radius 3 is 1.86 bits per heavy atom. The largest absolute Gasteiger partial charge is 1.00 e. The lowest BCUT2D eigenvalue weighted by Crippen LogP contribution is -3.00. The first-order chi connectivity index (χ1) is 23.7. The van der Waals surface area contributed by atoms with Crippen LogP contribution < -0.4 is 38.0 Å². The van der Waals surface area contributed by atoms with Gasteiger partial charge < -0.3 is 33.5 Å². The lowest BCUT2D eigenvalue weighted by molar-refractivity contribution is -0.701. The van der Waals surface area contributed by atoms with Gasteiger partial charge in [0.1, 0.15) is 24.6 Å². The van der Waals surface area contributed by atoms with Crippen molar-refractivity contribution >= 4 is 11.8 Å². The van der Waals surface area contributed by atoms with Crippen molar-refractivity contribution in [3.05, 3.63) is 89.2 Å². The average molecular weight is 799 g/mol. The predicted molar refractivity (Wildman–Crippen MR) is 200 cm³/mol. The highest BCUT2D eigenvalue weighted by Crippen LogP contribution is 2.33. The molecule has 0 radical (unpaired) electrons. The number of hydrogen-bond acceptors (Lipinski definition) is 4. The van der Waals surface area contributed by atoms with E-state index in [-0.39, 0.29) is 41.8 Å². The molecule has 3 rings (SSSR count). The molecule has 0 aliphatic carbocycles. The summed E-state index contributed by atoms with van der Waals surface area (Å²) in [6.45, 7) is 12.2. The van der Waals surface area contributed by atoms with Gasteiger partial charge in [0.2, 0.25) is 5.69 Å². The smallest absolute Gasteiger partial charge is 0.265 e. The van der Waals surface area contributed by atoms with Crippen LogP contribution in [0.1, 0.15) is 156 Å². The van der Waals surface area contributed by atoms with Gasteiger partial charge in [-0.25, -0.2) is 4.57 Å². The summed E-state index contributed by atoms with van der Waals surface area (Å²) < 4.78 is 13.9. The quantitative estimate of drug-likeness (QED) is 0.0454. The van der Waals surface area contributed by atoms with Gasteiger partial charge in [0, 0.05) is 23.3 Å². The van der Waals surface area contributed by atoms with Crippen molar-refractivity contribution in [1.29, 1.82) is 0 Å². The Labute approximate surface area is 320 Å². The van der Waals surface area contributed by atoms with Crippen LogP contribution in [0.2, 0.25) is 0 Å². The highest BCUT2D eigenvalue weighted by Gasteiger charge is 2.30. The minimum Gasteiger partial charge on any atom is -1.00 e. The second kappa shape index (κ2) is 23.5. The van der Waals surface area contributed by atoms with Gasteiger partial charge in [0.25, 0.3) is 11.8 Å². The number of benzene rings is 2. The molecule has 0 fully saturated rings. The molecule has 0 saturated carbocycles. The van der Waals surface area contributed by atoms with Gasteiger partial charge in [-0.1, -0.05) is 129 Å². The number of aryl methyl sites for hydroxylation is 1. The van der Waals surface area contributed by atoms with Crippen molar-refractivity contribution in [1.82, 2.24) is 4.90 Å². The summed E-state index contributed by atoms with van der Waals surface area (Å²) in [6.07, 6.45) is 20.5. The third kappa shape index (κ3) is 14.0. The number of para-hydroxylation sites is 1. The molecule has 0 N–H and O–H groups in total. The summed E-state index contributed by atoms with van der Waals surface area (Å²) in [5, 5.41) is 0. The molecular weight excluding hydrogens is 735 g/mol. The van der Waals surface area contributed by atoms with E-state index >= 15 is 0 Å². The van der Waals surface area contributed by atoms with Gasteiger partial charge in [-0.05, 0) is 49.1 Å². The molecule has 0 bridgehead atoms. The summed E-state index contributed by atoms with van der Waals surface area (Å²) in [7, 11) is 1.54. The first kappa shape index (κ1) is 43.2. The molecule has 50 heavy (non-hydrogen) atoms. The van der Waals surface area contributed by atoms with Crippen LogP contribution in [0.15, 0.2) is 66.9 Å². The van der Waals surface area contributed by atoms with Gasteiger partial charge in [0.05, 0.1) is 19.3 Å². The lowest BCUT2D eigenvalue weighted by atomic mass is 9.85. The SMILES string of the molecule is CCCCCCCCCCCCCCCCOc1ccc(C(=O)N(Cc2cccc[n+]2CC)C(=O)c2ccccc2OC)cc1C(C)(C)C.[I-]. The van der Waals surface area contributed by atoms with E-state index in [0.717, 1.165) is 36.4 Å².